The Bertz CT molecular complexity index is 383. The van der Waals surface area contributed by atoms with Crippen molar-refractivity contribution in [3.05, 3.63) is 16.1 Å². The van der Waals surface area contributed by atoms with Crippen molar-refractivity contribution < 1.29 is 4.74 Å². The number of nitrogens with one attached hydrogen (secondary N) is 1. The van der Waals surface area contributed by atoms with E-state index < -0.39 is 0 Å². The SMILES string of the molecule is COC1CCC(NCc2cnc(C(C)(C)C)s2)C1. The van der Waals surface area contributed by atoms with Gasteiger partial charge in [-0.15, -0.1) is 11.3 Å². The highest BCUT2D eigenvalue weighted by Gasteiger charge is 2.24. The minimum absolute atomic E-state index is 0.164. The van der Waals surface area contributed by atoms with Gasteiger partial charge in [-0.05, 0) is 19.3 Å². The van der Waals surface area contributed by atoms with Crippen LogP contribution in [-0.4, -0.2) is 24.2 Å². The van der Waals surface area contributed by atoms with Crippen molar-refractivity contribution in [2.75, 3.05) is 7.11 Å². The van der Waals surface area contributed by atoms with Crippen LogP contribution < -0.4 is 5.32 Å². The van der Waals surface area contributed by atoms with Gasteiger partial charge in [0.15, 0.2) is 0 Å². The van der Waals surface area contributed by atoms with Gasteiger partial charge in [0.25, 0.3) is 0 Å². The number of hydrogen-bond acceptors (Lipinski definition) is 4. The van der Waals surface area contributed by atoms with Gasteiger partial charge in [0, 0.05) is 36.2 Å². The molecule has 102 valence electrons. The van der Waals surface area contributed by atoms with Crippen LogP contribution in [0.4, 0.5) is 0 Å². The lowest BCUT2D eigenvalue weighted by molar-refractivity contribution is 0.107. The minimum Gasteiger partial charge on any atom is -0.381 e. The topological polar surface area (TPSA) is 34.1 Å². The molecule has 0 bridgehead atoms. The number of rotatable bonds is 4. The van der Waals surface area contributed by atoms with Gasteiger partial charge in [-0.3, -0.25) is 0 Å². The molecule has 2 rings (SSSR count). The first-order chi connectivity index (χ1) is 8.49. The lowest BCUT2D eigenvalue weighted by Gasteiger charge is -2.14. The molecule has 1 aromatic rings. The first-order valence-electron chi connectivity index (χ1n) is 6.70. The molecule has 1 saturated carbocycles. The predicted molar refractivity (Wildman–Crippen MR) is 76.1 cm³/mol. The van der Waals surface area contributed by atoms with Crippen molar-refractivity contribution in [1.29, 1.82) is 0 Å². The smallest absolute Gasteiger partial charge is 0.0981 e. The summed E-state index contributed by atoms with van der Waals surface area (Å²) >= 11 is 1.82. The molecular formula is C14H24N2OS. The van der Waals surface area contributed by atoms with Crippen LogP contribution in [0.3, 0.4) is 0 Å². The molecule has 1 N–H and O–H groups in total. The van der Waals surface area contributed by atoms with E-state index in [1.165, 1.54) is 22.7 Å². The zero-order chi connectivity index (χ0) is 13.2. The minimum atomic E-state index is 0.164. The monoisotopic (exact) mass is 268 g/mol. The molecule has 1 aromatic heterocycles. The Morgan fingerprint density at radius 2 is 2.22 bits per heavy atom. The predicted octanol–water partition coefficient (Wildman–Crippen LogP) is 3.10. The molecule has 3 nitrogen and oxygen atoms in total. The molecule has 0 radical (unpaired) electrons. The van der Waals surface area contributed by atoms with Gasteiger partial charge < -0.3 is 10.1 Å². The highest BCUT2D eigenvalue weighted by atomic mass is 32.1. The molecular weight excluding hydrogens is 244 g/mol. The van der Waals surface area contributed by atoms with Crippen molar-refractivity contribution in [2.45, 2.75) is 64.1 Å². The lowest BCUT2D eigenvalue weighted by Crippen LogP contribution is -2.26. The summed E-state index contributed by atoms with van der Waals surface area (Å²) in [5, 5.41) is 4.84. The Balaban J connectivity index is 1.82. The van der Waals surface area contributed by atoms with Gasteiger partial charge in [0.2, 0.25) is 0 Å². The fraction of sp³-hybridized carbons (Fsp3) is 0.786. The van der Waals surface area contributed by atoms with Crippen LogP contribution in [-0.2, 0) is 16.7 Å². The maximum absolute atomic E-state index is 5.39. The van der Waals surface area contributed by atoms with Gasteiger partial charge in [0.1, 0.15) is 0 Å². The summed E-state index contributed by atoms with van der Waals surface area (Å²) in [7, 11) is 1.81. The second kappa shape index (κ2) is 5.68. The van der Waals surface area contributed by atoms with Crippen LogP contribution in [0.1, 0.15) is 49.9 Å². The lowest BCUT2D eigenvalue weighted by atomic mass is 9.98. The third kappa shape index (κ3) is 3.53. The van der Waals surface area contributed by atoms with E-state index in [0.29, 0.717) is 12.1 Å². The Kier molecular flexibility index (Phi) is 4.41. The number of hydrogen-bond donors (Lipinski definition) is 1. The maximum atomic E-state index is 5.39. The van der Waals surface area contributed by atoms with E-state index in [2.05, 4.69) is 31.1 Å². The third-order valence-corrected chi connectivity index (χ3v) is 4.90. The van der Waals surface area contributed by atoms with E-state index >= 15 is 0 Å². The van der Waals surface area contributed by atoms with E-state index in [1.54, 1.807) is 0 Å². The second-order valence-corrected chi connectivity index (χ2v) is 7.25. The second-order valence-electron chi connectivity index (χ2n) is 6.13. The fourth-order valence-corrected chi connectivity index (χ4v) is 3.24. The van der Waals surface area contributed by atoms with Crippen LogP contribution >= 0.6 is 11.3 Å². The summed E-state index contributed by atoms with van der Waals surface area (Å²) in [6, 6.07) is 0.607. The first-order valence-corrected chi connectivity index (χ1v) is 7.52. The molecule has 0 aliphatic heterocycles. The highest BCUT2D eigenvalue weighted by Crippen LogP contribution is 2.27. The molecule has 18 heavy (non-hydrogen) atoms. The summed E-state index contributed by atoms with van der Waals surface area (Å²) in [6.45, 7) is 7.57. The number of ether oxygens (including phenoxy) is 1. The Morgan fingerprint density at radius 3 is 2.78 bits per heavy atom. The summed E-state index contributed by atoms with van der Waals surface area (Å²) < 4.78 is 5.39. The van der Waals surface area contributed by atoms with Crippen LogP contribution in [0.25, 0.3) is 0 Å². The number of nitrogens with zero attached hydrogens (tertiary/aromatic N) is 1. The third-order valence-electron chi connectivity index (χ3n) is 3.48. The van der Waals surface area contributed by atoms with Crippen molar-refractivity contribution in [2.24, 2.45) is 0 Å². The fourth-order valence-electron chi connectivity index (χ4n) is 2.32. The van der Waals surface area contributed by atoms with Crippen molar-refractivity contribution in [3.8, 4) is 0 Å². The largest absolute Gasteiger partial charge is 0.381 e. The van der Waals surface area contributed by atoms with Gasteiger partial charge in [-0.2, -0.15) is 0 Å². The van der Waals surface area contributed by atoms with E-state index in [1.807, 2.05) is 24.6 Å². The molecule has 1 heterocycles. The summed E-state index contributed by atoms with van der Waals surface area (Å²) in [6.07, 6.45) is 6.02. The molecule has 1 aliphatic carbocycles. The summed E-state index contributed by atoms with van der Waals surface area (Å²) in [4.78, 5) is 5.85. The normalized spacial score (nSPS) is 24.7. The van der Waals surface area contributed by atoms with E-state index in [-0.39, 0.29) is 5.41 Å². The molecule has 1 aliphatic rings. The van der Waals surface area contributed by atoms with Gasteiger partial charge in [0.05, 0.1) is 11.1 Å². The van der Waals surface area contributed by atoms with E-state index in [9.17, 15) is 0 Å². The Labute approximate surface area is 114 Å². The molecule has 0 spiro atoms. The average molecular weight is 268 g/mol. The number of aromatic nitrogens is 1. The summed E-state index contributed by atoms with van der Waals surface area (Å²) in [5.41, 5.74) is 0.164. The molecule has 4 heteroatoms. The molecule has 0 amide bonds. The van der Waals surface area contributed by atoms with Gasteiger partial charge >= 0.3 is 0 Å². The van der Waals surface area contributed by atoms with Gasteiger partial charge in [-0.25, -0.2) is 4.98 Å². The van der Waals surface area contributed by atoms with Crippen LogP contribution in [0, 0.1) is 0 Å². The van der Waals surface area contributed by atoms with Crippen molar-refractivity contribution in [3.63, 3.8) is 0 Å². The molecule has 0 aromatic carbocycles. The standard InChI is InChI=1S/C14H24N2OS/c1-14(2,3)13-16-9-12(18-13)8-15-10-5-6-11(7-10)17-4/h9-11,15H,5-8H2,1-4H3. The Morgan fingerprint density at radius 1 is 1.44 bits per heavy atom. The average Bonchev–Trinajstić information content (AvgIpc) is 2.94. The van der Waals surface area contributed by atoms with Gasteiger partial charge in [-0.1, -0.05) is 20.8 Å². The van der Waals surface area contributed by atoms with E-state index in [4.69, 9.17) is 4.74 Å². The van der Waals surface area contributed by atoms with Crippen molar-refractivity contribution >= 4 is 11.3 Å². The highest BCUT2D eigenvalue weighted by molar-refractivity contribution is 7.11. The molecule has 1 fully saturated rings. The molecule has 0 saturated heterocycles. The molecule has 2 unspecified atom stereocenters. The zero-order valence-corrected chi connectivity index (χ0v) is 12.6. The molecule has 2 atom stereocenters. The first kappa shape index (κ1) is 14.0. The summed E-state index contributed by atoms with van der Waals surface area (Å²) in [5.74, 6) is 0. The Hall–Kier alpha value is -0.450. The van der Waals surface area contributed by atoms with E-state index in [0.717, 1.165) is 13.0 Å². The number of methoxy groups -OCH3 is 1. The van der Waals surface area contributed by atoms with Crippen molar-refractivity contribution in [1.82, 2.24) is 10.3 Å². The number of thiazole rings is 1. The van der Waals surface area contributed by atoms with Crippen LogP contribution in [0.2, 0.25) is 0 Å². The zero-order valence-electron chi connectivity index (χ0n) is 11.8. The quantitative estimate of drug-likeness (QED) is 0.911. The van der Waals surface area contributed by atoms with Crippen LogP contribution in [0.5, 0.6) is 0 Å². The van der Waals surface area contributed by atoms with Crippen LogP contribution in [0.15, 0.2) is 6.20 Å². The maximum Gasteiger partial charge on any atom is 0.0981 e.